The summed E-state index contributed by atoms with van der Waals surface area (Å²) in [6.45, 7) is 0. The third-order valence-electron chi connectivity index (χ3n) is 3.59. The lowest BCUT2D eigenvalue weighted by molar-refractivity contribution is 0.0990. The first-order chi connectivity index (χ1) is 12.6. The van der Waals surface area contributed by atoms with Crippen LogP contribution in [0, 0.1) is 0 Å². The molecule has 0 aliphatic heterocycles. The number of aromatic nitrogens is 2. The molecule has 2 aromatic carbocycles. The van der Waals surface area contributed by atoms with Crippen LogP contribution in [0.3, 0.4) is 0 Å². The summed E-state index contributed by atoms with van der Waals surface area (Å²) in [6.07, 6.45) is 0. The van der Waals surface area contributed by atoms with E-state index >= 15 is 0 Å². The molecule has 0 saturated heterocycles. The van der Waals surface area contributed by atoms with Crippen molar-refractivity contribution in [3.63, 3.8) is 0 Å². The summed E-state index contributed by atoms with van der Waals surface area (Å²) in [6, 6.07) is 12.1. The minimum Gasteiger partial charge on any atom is -0.497 e. The number of methoxy groups -OCH3 is 3. The first kappa shape index (κ1) is 17.3. The molecule has 26 heavy (non-hydrogen) atoms. The molecule has 3 aromatic rings. The lowest BCUT2D eigenvalue weighted by Gasteiger charge is -2.10. The smallest absolute Gasteiger partial charge is 0.313 e. The Morgan fingerprint density at radius 2 is 1.73 bits per heavy atom. The molecule has 8 nitrogen and oxygen atoms in total. The van der Waals surface area contributed by atoms with E-state index in [0.29, 0.717) is 28.5 Å². The SMILES string of the molecule is COc1cccc(-c2nnc(C(=O)Nc3cc(OC)ccc3OC)o2)c1. The molecule has 1 heterocycles. The topological polar surface area (TPSA) is 95.7 Å². The second-order valence-electron chi connectivity index (χ2n) is 5.16. The van der Waals surface area contributed by atoms with Crippen molar-refractivity contribution in [1.29, 1.82) is 0 Å². The van der Waals surface area contributed by atoms with Gasteiger partial charge in [-0.1, -0.05) is 6.07 Å². The first-order valence-corrected chi connectivity index (χ1v) is 7.66. The van der Waals surface area contributed by atoms with Crippen LogP contribution in [0.4, 0.5) is 5.69 Å². The molecule has 0 unspecified atom stereocenters. The van der Waals surface area contributed by atoms with Crippen LogP contribution in [-0.4, -0.2) is 37.4 Å². The molecule has 0 aliphatic carbocycles. The molecule has 134 valence electrons. The number of ether oxygens (including phenoxy) is 3. The number of anilines is 1. The third-order valence-corrected chi connectivity index (χ3v) is 3.59. The van der Waals surface area contributed by atoms with Gasteiger partial charge in [-0.3, -0.25) is 4.79 Å². The quantitative estimate of drug-likeness (QED) is 0.726. The molecule has 0 radical (unpaired) electrons. The van der Waals surface area contributed by atoms with Crippen LogP contribution in [0.5, 0.6) is 17.2 Å². The normalized spacial score (nSPS) is 10.3. The Balaban J connectivity index is 1.82. The van der Waals surface area contributed by atoms with Gasteiger partial charge in [0, 0.05) is 11.6 Å². The number of benzene rings is 2. The Morgan fingerprint density at radius 1 is 0.962 bits per heavy atom. The van der Waals surface area contributed by atoms with E-state index in [1.165, 1.54) is 14.2 Å². The van der Waals surface area contributed by atoms with Crippen LogP contribution in [-0.2, 0) is 0 Å². The van der Waals surface area contributed by atoms with Crippen molar-refractivity contribution >= 4 is 11.6 Å². The maximum Gasteiger partial charge on any atom is 0.313 e. The van der Waals surface area contributed by atoms with E-state index in [2.05, 4.69) is 15.5 Å². The van der Waals surface area contributed by atoms with Crippen LogP contribution in [0.2, 0.25) is 0 Å². The number of amides is 1. The number of rotatable bonds is 6. The maximum atomic E-state index is 12.4. The zero-order valence-electron chi connectivity index (χ0n) is 14.5. The standard InChI is InChI=1S/C18H17N3O5/c1-23-12-6-4-5-11(9-12)17-20-21-18(26-17)16(22)19-14-10-13(24-2)7-8-15(14)25-3/h4-10H,1-3H3,(H,19,22). The predicted octanol–water partition coefficient (Wildman–Crippen LogP) is 3.01. The summed E-state index contributed by atoms with van der Waals surface area (Å²) < 4.78 is 21.0. The van der Waals surface area contributed by atoms with Crippen LogP contribution in [0.25, 0.3) is 11.5 Å². The van der Waals surface area contributed by atoms with E-state index in [1.54, 1.807) is 49.6 Å². The fraction of sp³-hybridized carbons (Fsp3) is 0.167. The minimum atomic E-state index is -0.557. The molecule has 1 aromatic heterocycles. The Kier molecular flexibility index (Phi) is 5.02. The highest BCUT2D eigenvalue weighted by atomic mass is 16.5. The number of carbonyl (C=O) groups excluding carboxylic acids is 1. The highest BCUT2D eigenvalue weighted by Crippen LogP contribution is 2.29. The lowest BCUT2D eigenvalue weighted by atomic mass is 10.2. The largest absolute Gasteiger partial charge is 0.497 e. The highest BCUT2D eigenvalue weighted by Gasteiger charge is 2.18. The van der Waals surface area contributed by atoms with Crippen molar-refractivity contribution in [3.05, 3.63) is 48.4 Å². The summed E-state index contributed by atoms with van der Waals surface area (Å²) in [5.74, 6) is 1.18. The summed E-state index contributed by atoms with van der Waals surface area (Å²) in [5, 5.41) is 10.4. The fourth-order valence-corrected chi connectivity index (χ4v) is 2.28. The number of nitrogens with one attached hydrogen (secondary N) is 1. The van der Waals surface area contributed by atoms with Crippen LogP contribution in [0.1, 0.15) is 10.7 Å². The molecule has 1 amide bonds. The monoisotopic (exact) mass is 355 g/mol. The van der Waals surface area contributed by atoms with Crippen molar-refractivity contribution in [1.82, 2.24) is 10.2 Å². The predicted molar refractivity (Wildman–Crippen MR) is 93.8 cm³/mol. The molecule has 1 N–H and O–H groups in total. The Bertz CT molecular complexity index is 923. The number of hydrogen-bond donors (Lipinski definition) is 1. The van der Waals surface area contributed by atoms with Crippen molar-refractivity contribution in [3.8, 4) is 28.7 Å². The zero-order valence-corrected chi connectivity index (χ0v) is 14.5. The van der Waals surface area contributed by atoms with Crippen LogP contribution in [0.15, 0.2) is 46.9 Å². The van der Waals surface area contributed by atoms with E-state index in [-0.39, 0.29) is 11.8 Å². The molecule has 0 atom stereocenters. The van der Waals surface area contributed by atoms with Gasteiger partial charge in [0.1, 0.15) is 17.2 Å². The Hall–Kier alpha value is -3.55. The summed E-state index contributed by atoms with van der Waals surface area (Å²) in [4.78, 5) is 12.4. The van der Waals surface area contributed by atoms with E-state index in [0.717, 1.165) is 0 Å². The second-order valence-corrected chi connectivity index (χ2v) is 5.16. The second kappa shape index (κ2) is 7.56. The van der Waals surface area contributed by atoms with Crippen molar-refractivity contribution in [2.24, 2.45) is 0 Å². The summed E-state index contributed by atoms with van der Waals surface area (Å²) in [7, 11) is 4.60. The first-order valence-electron chi connectivity index (χ1n) is 7.66. The minimum absolute atomic E-state index is 0.173. The lowest BCUT2D eigenvalue weighted by Crippen LogP contribution is -2.13. The highest BCUT2D eigenvalue weighted by molar-refractivity contribution is 6.02. The van der Waals surface area contributed by atoms with Gasteiger partial charge in [0.25, 0.3) is 0 Å². The van der Waals surface area contributed by atoms with Crippen molar-refractivity contribution in [2.75, 3.05) is 26.6 Å². The number of nitrogens with zero attached hydrogens (tertiary/aromatic N) is 2. The maximum absolute atomic E-state index is 12.4. The van der Waals surface area contributed by atoms with Crippen LogP contribution >= 0.6 is 0 Å². The van der Waals surface area contributed by atoms with E-state index in [4.69, 9.17) is 18.6 Å². The van der Waals surface area contributed by atoms with Gasteiger partial charge in [0.2, 0.25) is 5.89 Å². The molecule has 0 spiro atoms. The molecule has 3 rings (SSSR count). The van der Waals surface area contributed by atoms with Crippen molar-refractivity contribution in [2.45, 2.75) is 0 Å². The molecule has 0 fully saturated rings. The van der Waals surface area contributed by atoms with Gasteiger partial charge in [0.05, 0.1) is 27.0 Å². The summed E-state index contributed by atoms with van der Waals surface area (Å²) >= 11 is 0. The Morgan fingerprint density at radius 3 is 2.46 bits per heavy atom. The van der Waals surface area contributed by atoms with Gasteiger partial charge in [-0.2, -0.15) is 0 Å². The molecule has 8 heteroatoms. The molecule has 0 bridgehead atoms. The molecular weight excluding hydrogens is 338 g/mol. The summed E-state index contributed by atoms with van der Waals surface area (Å²) in [5.41, 5.74) is 1.08. The zero-order chi connectivity index (χ0) is 18.5. The van der Waals surface area contributed by atoms with Gasteiger partial charge in [-0.05, 0) is 30.3 Å². The number of carbonyl (C=O) groups is 1. The third kappa shape index (κ3) is 3.59. The molecule has 0 aliphatic rings. The van der Waals surface area contributed by atoms with Gasteiger partial charge in [-0.25, -0.2) is 0 Å². The fourth-order valence-electron chi connectivity index (χ4n) is 2.28. The average Bonchev–Trinajstić information content (AvgIpc) is 3.18. The average molecular weight is 355 g/mol. The van der Waals surface area contributed by atoms with Crippen molar-refractivity contribution < 1.29 is 23.4 Å². The molecule has 0 saturated carbocycles. The molecular formula is C18H17N3O5. The van der Waals surface area contributed by atoms with Crippen LogP contribution < -0.4 is 19.5 Å². The van der Waals surface area contributed by atoms with Gasteiger partial charge in [0.15, 0.2) is 0 Å². The van der Waals surface area contributed by atoms with E-state index < -0.39 is 5.91 Å². The van der Waals surface area contributed by atoms with Gasteiger partial charge >= 0.3 is 11.8 Å². The van der Waals surface area contributed by atoms with Gasteiger partial charge in [-0.15, -0.1) is 10.2 Å². The Labute approximate surface area is 149 Å². The number of hydrogen-bond acceptors (Lipinski definition) is 7. The van der Waals surface area contributed by atoms with E-state index in [1.807, 2.05) is 0 Å². The van der Waals surface area contributed by atoms with E-state index in [9.17, 15) is 4.79 Å². The van der Waals surface area contributed by atoms with Gasteiger partial charge < -0.3 is 23.9 Å².